The molecule has 1 aliphatic rings. The largest absolute Gasteiger partial charge is 0.444 e. The highest BCUT2D eigenvalue weighted by molar-refractivity contribution is 7.20. The first-order chi connectivity index (χ1) is 14.5. The van der Waals surface area contributed by atoms with Crippen molar-refractivity contribution in [1.82, 2.24) is 15.5 Å². The number of amides is 4. The van der Waals surface area contributed by atoms with Crippen molar-refractivity contribution in [3.63, 3.8) is 0 Å². The van der Waals surface area contributed by atoms with Crippen molar-refractivity contribution in [2.75, 3.05) is 32.1 Å². The second-order valence-electron chi connectivity index (χ2n) is 7.95. The van der Waals surface area contributed by atoms with E-state index in [0.717, 1.165) is 11.3 Å². The second-order valence-corrected chi connectivity index (χ2v) is 9.67. The van der Waals surface area contributed by atoms with Gasteiger partial charge in [-0.1, -0.05) is 11.6 Å². The molecule has 1 aromatic heterocycles. The number of rotatable bonds is 5. The van der Waals surface area contributed by atoms with Crippen LogP contribution in [0.5, 0.6) is 0 Å². The summed E-state index contributed by atoms with van der Waals surface area (Å²) < 4.78 is 10.6. The van der Waals surface area contributed by atoms with E-state index in [1.54, 1.807) is 32.9 Å². The quantitative estimate of drug-likeness (QED) is 0.556. The van der Waals surface area contributed by atoms with Crippen LogP contribution >= 0.6 is 22.9 Å². The van der Waals surface area contributed by atoms with Gasteiger partial charge in [0.2, 0.25) is 5.91 Å². The molecule has 1 aromatic rings. The van der Waals surface area contributed by atoms with E-state index in [2.05, 4.69) is 16.0 Å². The van der Waals surface area contributed by atoms with E-state index >= 15 is 0 Å². The van der Waals surface area contributed by atoms with Gasteiger partial charge in [-0.3, -0.25) is 14.4 Å². The van der Waals surface area contributed by atoms with Gasteiger partial charge in [-0.25, -0.2) is 4.79 Å². The molecular formula is C19H27ClN4O6S. The monoisotopic (exact) mass is 474 g/mol. The number of carbonyl (C=O) groups excluding carboxylic acids is 4. The molecule has 1 aliphatic heterocycles. The molecule has 10 nitrogen and oxygen atoms in total. The molecule has 12 heteroatoms. The average Bonchev–Trinajstić information content (AvgIpc) is 3.06. The van der Waals surface area contributed by atoms with Gasteiger partial charge in [0.15, 0.2) is 0 Å². The van der Waals surface area contributed by atoms with Crippen molar-refractivity contribution in [2.24, 2.45) is 0 Å². The summed E-state index contributed by atoms with van der Waals surface area (Å²) in [5.74, 6) is -1.95. The minimum atomic E-state index is -0.859. The summed E-state index contributed by atoms with van der Waals surface area (Å²) in [5, 5.41) is 8.24. The fourth-order valence-electron chi connectivity index (χ4n) is 2.96. The number of methoxy groups -OCH3 is 1. The smallest absolute Gasteiger partial charge is 0.408 e. The minimum Gasteiger partial charge on any atom is -0.444 e. The maximum atomic E-state index is 12.4. The van der Waals surface area contributed by atoms with Crippen LogP contribution in [0.3, 0.4) is 0 Å². The van der Waals surface area contributed by atoms with Crippen LogP contribution in [0.25, 0.3) is 0 Å². The third-order valence-electron chi connectivity index (χ3n) is 4.27. The SMILES string of the molecule is COCC(=O)N1CC[C@H](NC(=O)C(=O)Nc2ccc(Cl)s2)[C@H](NC(=O)OC(C)(C)C)C1. The number of thiophene rings is 1. The first-order valence-corrected chi connectivity index (χ1v) is 10.8. The molecule has 0 aliphatic carbocycles. The van der Waals surface area contributed by atoms with E-state index in [-0.39, 0.29) is 19.1 Å². The van der Waals surface area contributed by atoms with E-state index in [0.29, 0.717) is 22.3 Å². The van der Waals surface area contributed by atoms with Crippen LogP contribution in [-0.4, -0.2) is 73.2 Å². The van der Waals surface area contributed by atoms with E-state index in [9.17, 15) is 19.2 Å². The summed E-state index contributed by atoms with van der Waals surface area (Å²) in [7, 11) is 1.42. The fraction of sp³-hybridized carbons (Fsp3) is 0.579. The normalized spacial score (nSPS) is 18.8. The number of alkyl carbamates (subject to hydrolysis) is 1. The highest BCUT2D eigenvalue weighted by Crippen LogP contribution is 2.25. The first-order valence-electron chi connectivity index (χ1n) is 9.62. The Morgan fingerprint density at radius 2 is 1.87 bits per heavy atom. The standard InChI is InChI=1S/C19H27ClN4O6S/c1-19(2,3)30-18(28)22-12-9-24(15(25)10-29-4)8-7-11(12)21-16(26)17(27)23-14-6-5-13(20)31-14/h5-6,11-12H,7-10H2,1-4H3,(H,21,26)(H,22,28)(H,23,27)/t11-,12+/m0/s1. The number of carbonyl (C=O) groups is 4. The van der Waals surface area contributed by atoms with Crippen LogP contribution in [0.15, 0.2) is 12.1 Å². The maximum Gasteiger partial charge on any atom is 0.408 e. The van der Waals surface area contributed by atoms with Gasteiger partial charge >= 0.3 is 17.9 Å². The summed E-state index contributed by atoms with van der Waals surface area (Å²) in [6, 6.07) is 1.96. The maximum absolute atomic E-state index is 12.4. The number of nitrogens with zero attached hydrogens (tertiary/aromatic N) is 1. The predicted molar refractivity (Wildman–Crippen MR) is 116 cm³/mol. The molecule has 0 radical (unpaired) electrons. The summed E-state index contributed by atoms with van der Waals surface area (Å²) in [6.07, 6.45) is -0.352. The number of hydrogen-bond donors (Lipinski definition) is 3. The van der Waals surface area contributed by atoms with Gasteiger partial charge in [-0.05, 0) is 39.3 Å². The third kappa shape index (κ3) is 8.00. The van der Waals surface area contributed by atoms with Crippen LogP contribution in [-0.2, 0) is 23.9 Å². The van der Waals surface area contributed by atoms with Crippen molar-refractivity contribution in [3.05, 3.63) is 16.5 Å². The predicted octanol–water partition coefficient (Wildman–Crippen LogP) is 1.60. The van der Waals surface area contributed by atoms with Crippen LogP contribution in [0, 0.1) is 0 Å². The van der Waals surface area contributed by atoms with Crippen molar-refractivity contribution >= 4 is 51.8 Å². The van der Waals surface area contributed by atoms with E-state index in [1.165, 1.54) is 12.0 Å². The van der Waals surface area contributed by atoms with Crippen LogP contribution < -0.4 is 16.0 Å². The molecule has 2 rings (SSSR count). The van der Waals surface area contributed by atoms with E-state index in [4.69, 9.17) is 21.1 Å². The Balaban J connectivity index is 2.04. The molecule has 0 aromatic carbocycles. The molecule has 2 atom stereocenters. The Bertz CT molecular complexity index is 825. The zero-order chi connectivity index (χ0) is 23.2. The summed E-state index contributed by atoms with van der Waals surface area (Å²) >= 11 is 6.95. The molecule has 3 N–H and O–H groups in total. The summed E-state index contributed by atoms with van der Waals surface area (Å²) in [6.45, 7) is 5.55. The van der Waals surface area contributed by atoms with Gasteiger partial charge < -0.3 is 30.3 Å². The van der Waals surface area contributed by atoms with E-state index < -0.39 is 35.6 Å². The Morgan fingerprint density at radius 1 is 1.16 bits per heavy atom. The number of hydrogen-bond acceptors (Lipinski definition) is 7. The number of nitrogens with one attached hydrogen (secondary N) is 3. The lowest BCUT2D eigenvalue weighted by Gasteiger charge is -2.39. The molecule has 0 unspecified atom stereocenters. The lowest BCUT2D eigenvalue weighted by Crippen LogP contribution is -2.62. The molecule has 172 valence electrons. The number of anilines is 1. The number of likely N-dealkylation sites (tertiary alicyclic amines) is 1. The summed E-state index contributed by atoms with van der Waals surface area (Å²) in [4.78, 5) is 50.6. The second kappa shape index (κ2) is 10.8. The Hall–Kier alpha value is -2.37. The van der Waals surface area contributed by atoms with Crippen LogP contribution in [0.4, 0.5) is 9.80 Å². The summed E-state index contributed by atoms with van der Waals surface area (Å²) in [5.41, 5.74) is -0.717. The Labute approximate surface area is 189 Å². The Morgan fingerprint density at radius 3 is 2.45 bits per heavy atom. The number of halogens is 1. The molecule has 4 amide bonds. The van der Waals surface area contributed by atoms with Crippen molar-refractivity contribution in [3.8, 4) is 0 Å². The zero-order valence-corrected chi connectivity index (χ0v) is 19.4. The zero-order valence-electron chi connectivity index (χ0n) is 17.8. The molecule has 0 bridgehead atoms. The molecule has 0 spiro atoms. The lowest BCUT2D eigenvalue weighted by molar-refractivity contribution is -0.138. The molecule has 0 saturated carbocycles. The molecule has 1 saturated heterocycles. The van der Waals surface area contributed by atoms with Crippen LogP contribution in [0.2, 0.25) is 4.34 Å². The van der Waals surface area contributed by atoms with Crippen molar-refractivity contribution in [1.29, 1.82) is 0 Å². The number of ether oxygens (including phenoxy) is 2. The van der Waals surface area contributed by atoms with Gasteiger partial charge in [0, 0.05) is 20.2 Å². The molecular weight excluding hydrogens is 448 g/mol. The molecule has 1 fully saturated rings. The topological polar surface area (TPSA) is 126 Å². The Kier molecular flexibility index (Phi) is 8.66. The lowest BCUT2D eigenvalue weighted by atomic mass is 9.99. The minimum absolute atomic E-state index is 0.0953. The van der Waals surface area contributed by atoms with Crippen molar-refractivity contribution in [2.45, 2.75) is 44.9 Å². The molecule has 2 heterocycles. The van der Waals surface area contributed by atoms with E-state index in [1.807, 2.05) is 0 Å². The van der Waals surface area contributed by atoms with Gasteiger partial charge in [0.25, 0.3) is 0 Å². The fourth-order valence-corrected chi connectivity index (χ4v) is 3.89. The first kappa shape index (κ1) is 24.9. The van der Waals surface area contributed by atoms with Gasteiger partial charge in [-0.2, -0.15) is 0 Å². The molecule has 31 heavy (non-hydrogen) atoms. The average molecular weight is 475 g/mol. The highest BCUT2D eigenvalue weighted by Gasteiger charge is 2.35. The van der Waals surface area contributed by atoms with Gasteiger partial charge in [0.1, 0.15) is 12.2 Å². The number of piperidine rings is 1. The van der Waals surface area contributed by atoms with Crippen LogP contribution in [0.1, 0.15) is 27.2 Å². The third-order valence-corrected chi connectivity index (χ3v) is 5.41. The van der Waals surface area contributed by atoms with Gasteiger partial charge in [-0.15, -0.1) is 11.3 Å². The highest BCUT2D eigenvalue weighted by atomic mass is 35.5. The van der Waals surface area contributed by atoms with Crippen molar-refractivity contribution < 1.29 is 28.7 Å². The van der Waals surface area contributed by atoms with Gasteiger partial charge in [0.05, 0.1) is 21.4 Å².